The highest BCUT2D eigenvalue weighted by atomic mass is 16.3. The van der Waals surface area contributed by atoms with Crippen LogP contribution >= 0.6 is 0 Å². The van der Waals surface area contributed by atoms with Crippen molar-refractivity contribution in [2.45, 2.75) is 117 Å². The van der Waals surface area contributed by atoms with Gasteiger partial charge in [-0.1, -0.05) is 34.6 Å². The normalized spacial score (nSPS) is 50.5. The van der Waals surface area contributed by atoms with Crippen molar-refractivity contribution in [1.29, 1.82) is 0 Å². The van der Waals surface area contributed by atoms with Crippen LogP contribution in [0.4, 0.5) is 0 Å². The second-order valence-electron chi connectivity index (χ2n) is 12.9. The molecule has 0 spiro atoms. The second-order valence-corrected chi connectivity index (χ2v) is 12.9. The van der Waals surface area contributed by atoms with Crippen molar-refractivity contribution in [3.8, 4) is 0 Å². The van der Waals surface area contributed by atoms with Gasteiger partial charge in [0, 0.05) is 6.04 Å². The molecule has 0 aromatic heterocycles. The summed E-state index contributed by atoms with van der Waals surface area (Å²) in [7, 11) is 0. The van der Waals surface area contributed by atoms with E-state index in [4.69, 9.17) is 5.73 Å². The monoisotopic (exact) mass is 419 g/mol. The van der Waals surface area contributed by atoms with E-state index < -0.39 is 0 Å². The van der Waals surface area contributed by atoms with E-state index in [-0.39, 0.29) is 12.2 Å². The Balaban J connectivity index is 1.50. The number of rotatable bonds is 5. The molecule has 4 fully saturated rings. The smallest absolute Gasteiger partial charge is 0.0577 e. The van der Waals surface area contributed by atoms with E-state index in [0.29, 0.717) is 52.4 Å². The van der Waals surface area contributed by atoms with Gasteiger partial charge in [0.25, 0.3) is 0 Å². The van der Waals surface area contributed by atoms with Crippen LogP contribution in [0.5, 0.6) is 0 Å². The van der Waals surface area contributed by atoms with E-state index in [0.717, 1.165) is 31.6 Å². The third-order valence-corrected chi connectivity index (χ3v) is 11.2. The summed E-state index contributed by atoms with van der Waals surface area (Å²) in [4.78, 5) is 0. The van der Waals surface area contributed by atoms with Gasteiger partial charge in [0.05, 0.1) is 12.2 Å². The fraction of sp³-hybridized carbons (Fsp3) is 1.00. The number of aliphatic hydroxyl groups excluding tert-OH is 2. The van der Waals surface area contributed by atoms with Crippen molar-refractivity contribution in [3.63, 3.8) is 0 Å². The molecule has 30 heavy (non-hydrogen) atoms. The molecule has 4 aliphatic rings. The number of hydrogen-bond acceptors (Lipinski definition) is 3. The van der Waals surface area contributed by atoms with Crippen LogP contribution in [0.25, 0.3) is 0 Å². The van der Waals surface area contributed by atoms with Crippen molar-refractivity contribution >= 4 is 0 Å². The molecule has 4 saturated carbocycles. The average molecular weight is 420 g/mol. The van der Waals surface area contributed by atoms with Gasteiger partial charge in [0.1, 0.15) is 0 Å². The minimum Gasteiger partial charge on any atom is -0.393 e. The first-order valence-electron chi connectivity index (χ1n) is 13.2. The molecule has 0 amide bonds. The van der Waals surface area contributed by atoms with Crippen LogP contribution in [0.1, 0.15) is 98.8 Å². The second kappa shape index (κ2) is 8.34. The van der Waals surface area contributed by atoms with Crippen molar-refractivity contribution in [3.05, 3.63) is 0 Å². The Labute approximate surface area is 185 Å². The van der Waals surface area contributed by atoms with Gasteiger partial charge >= 0.3 is 0 Å². The largest absolute Gasteiger partial charge is 0.393 e. The molecule has 0 bridgehead atoms. The summed E-state index contributed by atoms with van der Waals surface area (Å²) in [5, 5.41) is 21.7. The van der Waals surface area contributed by atoms with Gasteiger partial charge in [-0.05, 0) is 116 Å². The molecule has 0 aromatic rings. The van der Waals surface area contributed by atoms with Crippen LogP contribution in [-0.2, 0) is 0 Å². The molecule has 0 heterocycles. The number of aliphatic hydroxyl groups is 2. The van der Waals surface area contributed by atoms with Crippen LogP contribution in [0.15, 0.2) is 0 Å². The molecule has 3 nitrogen and oxygen atoms in total. The molecule has 0 aliphatic heterocycles. The fourth-order valence-corrected chi connectivity index (χ4v) is 9.20. The van der Waals surface area contributed by atoms with Gasteiger partial charge in [-0.2, -0.15) is 0 Å². The van der Waals surface area contributed by atoms with Crippen LogP contribution in [-0.4, -0.2) is 28.5 Å². The van der Waals surface area contributed by atoms with Crippen molar-refractivity contribution < 1.29 is 10.2 Å². The van der Waals surface area contributed by atoms with Gasteiger partial charge < -0.3 is 15.9 Å². The first-order valence-corrected chi connectivity index (χ1v) is 13.2. The molecule has 174 valence electrons. The summed E-state index contributed by atoms with van der Waals surface area (Å²) in [6.45, 7) is 11.8. The molecule has 3 heteroatoms. The van der Waals surface area contributed by atoms with Gasteiger partial charge in [-0.15, -0.1) is 0 Å². The van der Waals surface area contributed by atoms with E-state index in [1.165, 1.54) is 38.5 Å². The van der Waals surface area contributed by atoms with Crippen molar-refractivity contribution in [2.24, 2.45) is 58.0 Å². The quantitative estimate of drug-likeness (QED) is 0.561. The topological polar surface area (TPSA) is 66.5 Å². The standard InChI is InChI=1S/C27H49NO2/c1-16(2)23(29)9-6-17(3)20-7-8-21-25-22(11-13-27(20,21)5)26(4)12-10-19(28)14-18(26)15-24(25)30/h16-25,29-30H,6-15,28H2,1-5H3/t17?,18?,19?,20-,21?,22?,23?,24?,25?,26?,27?/m1/s1. The zero-order valence-electron chi connectivity index (χ0n) is 20.3. The lowest BCUT2D eigenvalue weighted by Crippen LogP contribution is -2.59. The molecular formula is C27H49NO2. The maximum atomic E-state index is 11.4. The van der Waals surface area contributed by atoms with Gasteiger partial charge in [-0.3, -0.25) is 0 Å². The first-order chi connectivity index (χ1) is 14.1. The Morgan fingerprint density at radius 3 is 2.27 bits per heavy atom. The summed E-state index contributed by atoms with van der Waals surface area (Å²) in [6.07, 6.45) is 11.6. The van der Waals surface area contributed by atoms with Crippen molar-refractivity contribution in [2.75, 3.05) is 0 Å². The third kappa shape index (κ3) is 3.69. The molecular weight excluding hydrogens is 370 g/mol. The van der Waals surface area contributed by atoms with Crippen molar-refractivity contribution in [1.82, 2.24) is 0 Å². The average Bonchev–Trinajstić information content (AvgIpc) is 3.04. The summed E-state index contributed by atoms with van der Waals surface area (Å²) < 4.78 is 0. The Kier molecular flexibility index (Phi) is 6.41. The molecule has 10 unspecified atom stereocenters. The molecule has 0 aromatic carbocycles. The highest BCUT2D eigenvalue weighted by Crippen LogP contribution is 2.68. The summed E-state index contributed by atoms with van der Waals surface area (Å²) in [5.74, 6) is 4.26. The van der Waals surface area contributed by atoms with E-state index in [2.05, 4.69) is 34.6 Å². The number of hydrogen-bond donors (Lipinski definition) is 3. The minimum atomic E-state index is -0.164. The Hall–Kier alpha value is -0.120. The first kappa shape index (κ1) is 23.1. The molecule has 11 atom stereocenters. The molecule has 0 saturated heterocycles. The van der Waals surface area contributed by atoms with Crippen LogP contribution in [0, 0.1) is 52.3 Å². The predicted molar refractivity (Wildman–Crippen MR) is 124 cm³/mol. The van der Waals surface area contributed by atoms with E-state index in [9.17, 15) is 10.2 Å². The van der Waals surface area contributed by atoms with Gasteiger partial charge in [0.15, 0.2) is 0 Å². The highest BCUT2D eigenvalue weighted by molar-refractivity contribution is 5.12. The van der Waals surface area contributed by atoms with Gasteiger partial charge in [-0.25, -0.2) is 0 Å². The van der Waals surface area contributed by atoms with E-state index >= 15 is 0 Å². The lowest BCUT2D eigenvalue weighted by molar-refractivity contribution is -0.166. The SMILES string of the molecule is CC(C)C(O)CCC(C)[C@H]1CCC2C3C(O)CC4CC(N)CCC4(C)C3CCC21C. The summed E-state index contributed by atoms with van der Waals surface area (Å²) >= 11 is 0. The van der Waals surface area contributed by atoms with E-state index in [1.54, 1.807) is 0 Å². The maximum absolute atomic E-state index is 11.4. The molecule has 4 rings (SSSR count). The van der Waals surface area contributed by atoms with E-state index in [1.807, 2.05) is 0 Å². The summed E-state index contributed by atoms with van der Waals surface area (Å²) in [5.41, 5.74) is 7.11. The zero-order chi connectivity index (χ0) is 21.8. The van der Waals surface area contributed by atoms with Crippen LogP contribution in [0.3, 0.4) is 0 Å². The fourth-order valence-electron chi connectivity index (χ4n) is 9.20. The van der Waals surface area contributed by atoms with Crippen LogP contribution < -0.4 is 5.73 Å². The number of nitrogens with two attached hydrogens (primary N) is 1. The Bertz CT molecular complexity index is 608. The molecule has 4 N–H and O–H groups in total. The third-order valence-electron chi connectivity index (χ3n) is 11.2. The molecule has 0 radical (unpaired) electrons. The van der Waals surface area contributed by atoms with Gasteiger partial charge in [0.2, 0.25) is 0 Å². The Morgan fingerprint density at radius 1 is 0.900 bits per heavy atom. The maximum Gasteiger partial charge on any atom is 0.0577 e. The summed E-state index contributed by atoms with van der Waals surface area (Å²) in [6, 6.07) is 0.346. The number of fused-ring (bicyclic) bond motifs is 5. The Morgan fingerprint density at radius 2 is 1.57 bits per heavy atom. The lowest BCUT2D eigenvalue weighted by atomic mass is 9.43. The lowest BCUT2D eigenvalue weighted by Gasteiger charge is -2.62. The molecule has 4 aliphatic carbocycles. The van der Waals surface area contributed by atoms with Crippen LogP contribution in [0.2, 0.25) is 0 Å². The predicted octanol–water partition coefficient (Wildman–Crippen LogP) is 5.38. The minimum absolute atomic E-state index is 0.125. The highest BCUT2D eigenvalue weighted by Gasteiger charge is 2.62. The zero-order valence-corrected chi connectivity index (χ0v) is 20.3.